The second-order valence-electron chi connectivity index (χ2n) is 5.53. The summed E-state index contributed by atoms with van der Waals surface area (Å²) in [5.41, 5.74) is 3.34. The average molecular weight is 327 g/mol. The van der Waals surface area contributed by atoms with Crippen LogP contribution in [0.1, 0.15) is 25.5 Å². The first-order valence-electron chi connectivity index (χ1n) is 7.36. The fourth-order valence-corrected chi connectivity index (χ4v) is 2.32. The molecular weight excluding hydrogens is 310 g/mol. The summed E-state index contributed by atoms with van der Waals surface area (Å²) in [7, 11) is 0. The highest BCUT2D eigenvalue weighted by Crippen LogP contribution is 2.26. The second-order valence-corrected chi connectivity index (χ2v) is 5.94. The molecule has 2 aromatic heterocycles. The zero-order valence-electron chi connectivity index (χ0n) is 13.2. The molecule has 6 heteroatoms. The Labute approximate surface area is 140 Å². The monoisotopic (exact) mass is 326 g/mol. The molecule has 1 radical (unpaired) electrons. The molecule has 0 amide bonds. The normalized spacial score (nSPS) is 11.0. The van der Waals surface area contributed by atoms with Gasteiger partial charge in [0, 0.05) is 17.9 Å². The van der Waals surface area contributed by atoms with Gasteiger partial charge >= 0.3 is 0 Å². The maximum atomic E-state index is 6.25. The lowest BCUT2D eigenvalue weighted by molar-refractivity contribution is 0.534. The van der Waals surface area contributed by atoms with Crippen molar-refractivity contribution in [3.63, 3.8) is 0 Å². The Morgan fingerprint density at radius 3 is 2.83 bits per heavy atom. The van der Waals surface area contributed by atoms with Crippen LogP contribution >= 0.6 is 11.6 Å². The predicted octanol–water partition coefficient (Wildman–Crippen LogP) is 4.43. The minimum atomic E-state index is 0.283. The Bertz CT molecular complexity index is 825. The molecule has 5 nitrogen and oxygen atoms in total. The molecule has 0 saturated carbocycles. The van der Waals surface area contributed by atoms with Crippen molar-refractivity contribution < 1.29 is 0 Å². The van der Waals surface area contributed by atoms with Gasteiger partial charge in [0.15, 0.2) is 0 Å². The number of aryl methyl sites for hydroxylation is 1. The van der Waals surface area contributed by atoms with Crippen LogP contribution in [0.3, 0.4) is 0 Å². The van der Waals surface area contributed by atoms with Crippen LogP contribution in [-0.2, 0) is 0 Å². The molecule has 2 heterocycles. The summed E-state index contributed by atoms with van der Waals surface area (Å²) in [4.78, 5) is 8.76. The van der Waals surface area contributed by atoms with E-state index in [1.54, 1.807) is 6.20 Å². The van der Waals surface area contributed by atoms with Gasteiger partial charge in [-0.1, -0.05) is 17.7 Å². The van der Waals surface area contributed by atoms with Crippen molar-refractivity contribution >= 4 is 23.2 Å². The van der Waals surface area contributed by atoms with Crippen LogP contribution in [0, 0.1) is 13.0 Å². The minimum Gasteiger partial charge on any atom is -0.324 e. The number of benzene rings is 1. The van der Waals surface area contributed by atoms with Gasteiger partial charge in [-0.3, -0.25) is 4.68 Å². The van der Waals surface area contributed by atoms with Crippen LogP contribution in [0.15, 0.2) is 36.7 Å². The van der Waals surface area contributed by atoms with Crippen LogP contribution < -0.4 is 5.32 Å². The Kier molecular flexibility index (Phi) is 4.30. The summed E-state index contributed by atoms with van der Waals surface area (Å²) in [6, 6.07) is 10.9. The van der Waals surface area contributed by atoms with Crippen LogP contribution in [0.5, 0.6) is 0 Å². The number of rotatable bonds is 4. The molecule has 1 aromatic carbocycles. The third kappa shape index (κ3) is 3.35. The van der Waals surface area contributed by atoms with Gasteiger partial charge in [-0.2, -0.15) is 5.10 Å². The highest BCUT2D eigenvalue weighted by Gasteiger charge is 2.12. The number of nitrogens with zero attached hydrogens (tertiary/aromatic N) is 4. The third-order valence-corrected chi connectivity index (χ3v) is 3.72. The smallest absolute Gasteiger partial charge is 0.227 e. The van der Waals surface area contributed by atoms with E-state index in [0.29, 0.717) is 16.7 Å². The van der Waals surface area contributed by atoms with E-state index in [9.17, 15) is 0 Å². The molecule has 3 aromatic rings. The van der Waals surface area contributed by atoms with E-state index in [-0.39, 0.29) is 6.04 Å². The van der Waals surface area contributed by atoms with Gasteiger partial charge in [0.2, 0.25) is 5.95 Å². The van der Waals surface area contributed by atoms with E-state index < -0.39 is 0 Å². The first kappa shape index (κ1) is 15.5. The average Bonchev–Trinajstić information content (AvgIpc) is 3.01. The first-order chi connectivity index (χ1) is 11.0. The van der Waals surface area contributed by atoms with Crippen molar-refractivity contribution in [1.82, 2.24) is 19.7 Å². The molecular formula is C17H17ClN5. The molecule has 0 bridgehead atoms. The summed E-state index contributed by atoms with van der Waals surface area (Å²) < 4.78 is 1.87. The summed E-state index contributed by atoms with van der Waals surface area (Å²) in [5, 5.41) is 8.19. The predicted molar refractivity (Wildman–Crippen MR) is 91.9 cm³/mol. The third-order valence-electron chi connectivity index (χ3n) is 3.44. The van der Waals surface area contributed by atoms with E-state index in [1.807, 2.05) is 42.1 Å². The standard InChI is InChI=1S/C17H17ClN5/c1-11(2)23-9-8-15(22-23)16-13(18)10-19-17(21-16)20-14-7-5-4-6-12(14)3/h5-11H,1-3H3,(H,19,20,21). The summed E-state index contributed by atoms with van der Waals surface area (Å²) in [5.74, 6) is 0.484. The lowest BCUT2D eigenvalue weighted by Crippen LogP contribution is -2.02. The molecule has 117 valence electrons. The fraction of sp³-hybridized carbons (Fsp3) is 0.235. The zero-order valence-corrected chi connectivity index (χ0v) is 14.0. The van der Waals surface area contributed by atoms with Gasteiger partial charge in [-0.05, 0) is 50.6 Å². The lowest BCUT2D eigenvalue weighted by atomic mass is 10.2. The number of halogens is 1. The minimum absolute atomic E-state index is 0.283. The number of hydrogen-bond donors (Lipinski definition) is 1. The van der Waals surface area contributed by atoms with Crippen molar-refractivity contribution in [3.8, 4) is 11.4 Å². The van der Waals surface area contributed by atoms with Gasteiger partial charge < -0.3 is 5.32 Å². The molecule has 0 saturated heterocycles. The SMILES string of the molecule is Cc1c[c]ccc1Nc1ncc(Cl)c(-c2ccn(C(C)C)n2)n1. The second kappa shape index (κ2) is 6.38. The van der Waals surface area contributed by atoms with Crippen molar-refractivity contribution in [1.29, 1.82) is 0 Å². The number of anilines is 2. The van der Waals surface area contributed by atoms with Crippen LogP contribution in [0.4, 0.5) is 11.6 Å². The summed E-state index contributed by atoms with van der Waals surface area (Å²) in [6.45, 7) is 6.14. The maximum absolute atomic E-state index is 6.25. The Morgan fingerprint density at radius 2 is 2.13 bits per heavy atom. The molecule has 1 N–H and O–H groups in total. The van der Waals surface area contributed by atoms with E-state index in [4.69, 9.17) is 11.6 Å². The Hall–Kier alpha value is -2.40. The molecule has 0 spiro atoms. The lowest BCUT2D eigenvalue weighted by Gasteiger charge is -2.09. The quantitative estimate of drug-likeness (QED) is 0.770. The molecule has 0 fully saturated rings. The highest BCUT2D eigenvalue weighted by molar-refractivity contribution is 6.32. The van der Waals surface area contributed by atoms with Gasteiger partial charge in [0.05, 0.1) is 11.2 Å². The number of nitrogens with one attached hydrogen (secondary N) is 1. The number of hydrogen-bond acceptors (Lipinski definition) is 4. The van der Waals surface area contributed by atoms with Crippen molar-refractivity contribution in [2.24, 2.45) is 0 Å². The van der Waals surface area contributed by atoms with Gasteiger partial charge in [-0.15, -0.1) is 0 Å². The molecule has 0 aliphatic rings. The van der Waals surface area contributed by atoms with Crippen LogP contribution in [0.2, 0.25) is 5.02 Å². The first-order valence-corrected chi connectivity index (χ1v) is 7.74. The topological polar surface area (TPSA) is 55.6 Å². The van der Waals surface area contributed by atoms with E-state index in [2.05, 4.69) is 40.3 Å². The largest absolute Gasteiger partial charge is 0.324 e. The van der Waals surface area contributed by atoms with Gasteiger partial charge in [0.1, 0.15) is 11.4 Å². The van der Waals surface area contributed by atoms with Gasteiger partial charge in [-0.25, -0.2) is 9.97 Å². The van der Waals surface area contributed by atoms with E-state index in [0.717, 1.165) is 16.9 Å². The Balaban J connectivity index is 1.94. The molecule has 0 atom stereocenters. The molecule has 0 aliphatic heterocycles. The van der Waals surface area contributed by atoms with Gasteiger partial charge in [0.25, 0.3) is 0 Å². The maximum Gasteiger partial charge on any atom is 0.227 e. The van der Waals surface area contributed by atoms with Crippen LogP contribution in [-0.4, -0.2) is 19.7 Å². The summed E-state index contributed by atoms with van der Waals surface area (Å²) in [6.07, 6.45) is 3.51. The number of aromatic nitrogens is 4. The molecule has 0 aliphatic carbocycles. The van der Waals surface area contributed by atoms with Crippen LogP contribution in [0.25, 0.3) is 11.4 Å². The van der Waals surface area contributed by atoms with Crippen molar-refractivity contribution in [2.75, 3.05) is 5.32 Å². The summed E-state index contributed by atoms with van der Waals surface area (Å²) >= 11 is 6.25. The molecule has 0 unspecified atom stereocenters. The Morgan fingerprint density at radius 1 is 1.30 bits per heavy atom. The van der Waals surface area contributed by atoms with Crippen molar-refractivity contribution in [3.05, 3.63) is 53.3 Å². The molecule has 23 heavy (non-hydrogen) atoms. The molecule has 3 rings (SSSR count). The zero-order chi connectivity index (χ0) is 16.4. The fourth-order valence-electron chi connectivity index (χ4n) is 2.13. The highest BCUT2D eigenvalue weighted by atomic mass is 35.5. The van der Waals surface area contributed by atoms with Crippen molar-refractivity contribution in [2.45, 2.75) is 26.8 Å². The van der Waals surface area contributed by atoms with E-state index in [1.165, 1.54) is 0 Å². The van der Waals surface area contributed by atoms with E-state index >= 15 is 0 Å².